The van der Waals surface area contributed by atoms with Gasteiger partial charge in [0.05, 0.1) is 6.61 Å². The molecule has 1 aliphatic heterocycles. The largest absolute Gasteiger partial charge is 0.449 e. The van der Waals surface area contributed by atoms with Crippen molar-refractivity contribution in [3.63, 3.8) is 0 Å². The first-order valence-corrected chi connectivity index (χ1v) is 12.6. The Kier molecular flexibility index (Phi) is 10.5. The van der Waals surface area contributed by atoms with E-state index < -0.39 is 35.5 Å². The SMILES string of the molecule is CC(=O)Nc1cccc(C2CCN(CCCNC(=O)NC(=O)OC[C@@H](C)c3cc(F)c(F)c(F)c3)CC2)c1. The standard InChI is InChI=1S/C27H33F3N4O4/c1-17(21-14-23(28)25(30)24(29)15-21)16-38-27(37)33-26(36)31-9-4-10-34-11-7-19(8-12-34)20-5-3-6-22(13-20)32-18(2)35/h3,5-6,13-15,17,19H,4,7-12,16H2,1-2H3,(H,32,35)(H2,31,33,36,37)/t17-/m1/s1. The number of piperidine rings is 1. The van der Waals surface area contributed by atoms with Crippen LogP contribution in [0, 0.1) is 17.5 Å². The number of halogens is 3. The van der Waals surface area contributed by atoms with E-state index in [1.165, 1.54) is 12.5 Å². The molecule has 1 fully saturated rings. The molecule has 0 aliphatic carbocycles. The topological polar surface area (TPSA) is 99.8 Å². The highest BCUT2D eigenvalue weighted by molar-refractivity contribution is 5.90. The van der Waals surface area contributed by atoms with Gasteiger partial charge in [-0.05, 0) is 80.2 Å². The third-order valence-electron chi connectivity index (χ3n) is 6.46. The number of hydrogen-bond donors (Lipinski definition) is 3. The number of nitrogens with zero attached hydrogens (tertiary/aromatic N) is 1. The van der Waals surface area contributed by atoms with Crippen molar-refractivity contribution < 1.29 is 32.3 Å². The molecular formula is C27H33F3N4O4. The number of anilines is 1. The first-order valence-electron chi connectivity index (χ1n) is 12.6. The zero-order chi connectivity index (χ0) is 27.7. The summed E-state index contributed by atoms with van der Waals surface area (Å²) in [6.45, 7) is 5.79. The van der Waals surface area contributed by atoms with Crippen LogP contribution in [0.3, 0.4) is 0 Å². The molecule has 0 spiro atoms. The second-order valence-electron chi connectivity index (χ2n) is 9.46. The van der Waals surface area contributed by atoms with Crippen molar-refractivity contribution in [2.24, 2.45) is 0 Å². The summed E-state index contributed by atoms with van der Waals surface area (Å²) in [7, 11) is 0. The smallest absolute Gasteiger partial charge is 0.415 e. The van der Waals surface area contributed by atoms with Crippen molar-refractivity contribution in [1.82, 2.24) is 15.5 Å². The van der Waals surface area contributed by atoms with Crippen LogP contribution in [0.5, 0.6) is 0 Å². The van der Waals surface area contributed by atoms with Gasteiger partial charge >= 0.3 is 12.1 Å². The maximum absolute atomic E-state index is 13.4. The van der Waals surface area contributed by atoms with Crippen molar-refractivity contribution in [2.45, 2.75) is 44.9 Å². The molecule has 1 aliphatic rings. The first kappa shape index (κ1) is 29.0. The summed E-state index contributed by atoms with van der Waals surface area (Å²) in [6.07, 6.45) is 1.70. The Morgan fingerprint density at radius 3 is 2.42 bits per heavy atom. The third-order valence-corrected chi connectivity index (χ3v) is 6.46. The Morgan fingerprint density at radius 1 is 1.08 bits per heavy atom. The molecule has 1 saturated heterocycles. The zero-order valence-corrected chi connectivity index (χ0v) is 21.5. The molecule has 0 aromatic heterocycles. The van der Waals surface area contributed by atoms with E-state index in [2.05, 4.69) is 21.6 Å². The van der Waals surface area contributed by atoms with Crippen molar-refractivity contribution in [2.75, 3.05) is 38.1 Å². The second kappa shape index (κ2) is 13.8. The molecule has 2 aromatic rings. The molecule has 1 atom stereocenters. The number of carbonyl (C=O) groups is 3. The van der Waals surface area contributed by atoms with E-state index >= 15 is 0 Å². The molecule has 38 heavy (non-hydrogen) atoms. The molecule has 0 radical (unpaired) electrons. The van der Waals surface area contributed by atoms with Crippen molar-refractivity contribution in [1.29, 1.82) is 0 Å². The van der Waals surface area contributed by atoms with Crippen LogP contribution >= 0.6 is 0 Å². The van der Waals surface area contributed by atoms with Gasteiger partial charge in [0.2, 0.25) is 5.91 Å². The molecule has 0 bridgehead atoms. The molecule has 2 aromatic carbocycles. The minimum absolute atomic E-state index is 0.0942. The molecule has 0 saturated carbocycles. The minimum atomic E-state index is -1.56. The Morgan fingerprint density at radius 2 is 1.76 bits per heavy atom. The van der Waals surface area contributed by atoms with E-state index in [4.69, 9.17) is 4.74 Å². The van der Waals surface area contributed by atoms with E-state index in [0.717, 1.165) is 50.3 Å². The lowest BCUT2D eigenvalue weighted by Crippen LogP contribution is -2.41. The number of likely N-dealkylation sites (tertiary alicyclic amines) is 1. The number of urea groups is 1. The predicted molar refractivity (Wildman–Crippen MR) is 136 cm³/mol. The van der Waals surface area contributed by atoms with Gasteiger partial charge in [-0.1, -0.05) is 19.1 Å². The normalized spacial score (nSPS) is 15.0. The summed E-state index contributed by atoms with van der Waals surface area (Å²) in [5, 5.41) is 7.45. The van der Waals surface area contributed by atoms with Crippen LogP contribution in [0.15, 0.2) is 36.4 Å². The molecule has 11 heteroatoms. The number of imide groups is 1. The maximum Gasteiger partial charge on any atom is 0.415 e. The van der Waals surface area contributed by atoms with Gasteiger partial charge in [0.25, 0.3) is 0 Å². The number of benzene rings is 2. The van der Waals surface area contributed by atoms with Crippen molar-refractivity contribution in [3.8, 4) is 0 Å². The van der Waals surface area contributed by atoms with Gasteiger partial charge in [0.1, 0.15) is 0 Å². The van der Waals surface area contributed by atoms with Gasteiger partial charge in [-0.2, -0.15) is 0 Å². The van der Waals surface area contributed by atoms with E-state index in [-0.39, 0.29) is 18.1 Å². The van der Waals surface area contributed by atoms with Crippen LogP contribution < -0.4 is 16.0 Å². The molecule has 3 rings (SSSR count). The number of alkyl carbamates (subject to hydrolysis) is 1. The van der Waals surface area contributed by atoms with E-state index in [0.29, 0.717) is 18.9 Å². The van der Waals surface area contributed by atoms with E-state index in [1.54, 1.807) is 6.92 Å². The zero-order valence-electron chi connectivity index (χ0n) is 21.5. The van der Waals surface area contributed by atoms with Gasteiger partial charge in [-0.15, -0.1) is 0 Å². The van der Waals surface area contributed by atoms with Gasteiger partial charge in [0.15, 0.2) is 17.5 Å². The first-order chi connectivity index (χ1) is 18.1. The van der Waals surface area contributed by atoms with Crippen LogP contribution in [0.4, 0.5) is 28.4 Å². The van der Waals surface area contributed by atoms with Crippen LogP contribution in [-0.2, 0) is 9.53 Å². The highest BCUT2D eigenvalue weighted by Crippen LogP contribution is 2.29. The van der Waals surface area contributed by atoms with E-state index in [9.17, 15) is 27.6 Å². The maximum atomic E-state index is 13.4. The van der Waals surface area contributed by atoms with Gasteiger partial charge in [0, 0.05) is 25.1 Å². The monoisotopic (exact) mass is 534 g/mol. The number of nitrogens with one attached hydrogen (secondary N) is 3. The Hall–Kier alpha value is -3.60. The molecule has 0 unspecified atom stereocenters. The summed E-state index contributed by atoms with van der Waals surface area (Å²) in [5.41, 5.74) is 2.15. The van der Waals surface area contributed by atoms with Crippen molar-refractivity contribution >= 4 is 23.7 Å². The highest BCUT2D eigenvalue weighted by atomic mass is 19.2. The van der Waals surface area contributed by atoms with Crippen LogP contribution in [-0.4, -0.2) is 55.7 Å². The average molecular weight is 535 g/mol. The summed E-state index contributed by atoms with van der Waals surface area (Å²) in [4.78, 5) is 37.4. The Bertz CT molecular complexity index is 1120. The molecule has 206 valence electrons. The fourth-order valence-electron chi connectivity index (χ4n) is 4.40. The lowest BCUT2D eigenvalue weighted by molar-refractivity contribution is -0.114. The van der Waals surface area contributed by atoms with Gasteiger partial charge in [-0.25, -0.2) is 28.1 Å². The molecular weight excluding hydrogens is 501 g/mol. The van der Waals surface area contributed by atoms with Gasteiger partial charge < -0.3 is 20.3 Å². The van der Waals surface area contributed by atoms with Crippen LogP contribution in [0.1, 0.15) is 56.1 Å². The summed E-state index contributed by atoms with van der Waals surface area (Å²) in [5.74, 6) is -4.49. The Balaban J connectivity index is 1.29. The summed E-state index contributed by atoms with van der Waals surface area (Å²) >= 11 is 0. The van der Waals surface area contributed by atoms with Crippen molar-refractivity contribution in [3.05, 3.63) is 65.0 Å². The quantitative estimate of drug-likeness (QED) is 0.315. The number of carbonyl (C=O) groups excluding carboxylic acids is 3. The van der Waals surface area contributed by atoms with E-state index in [1.807, 2.05) is 23.5 Å². The fraction of sp³-hybridized carbons (Fsp3) is 0.444. The minimum Gasteiger partial charge on any atom is -0.449 e. The lowest BCUT2D eigenvalue weighted by atomic mass is 9.89. The molecule has 4 amide bonds. The lowest BCUT2D eigenvalue weighted by Gasteiger charge is -2.32. The number of amides is 4. The molecule has 8 nitrogen and oxygen atoms in total. The molecule has 3 N–H and O–H groups in total. The summed E-state index contributed by atoms with van der Waals surface area (Å²) in [6, 6.07) is 8.91. The third kappa shape index (κ3) is 8.76. The predicted octanol–water partition coefficient (Wildman–Crippen LogP) is 4.87. The summed E-state index contributed by atoms with van der Waals surface area (Å²) < 4.78 is 44.8. The van der Waals surface area contributed by atoms with Crippen LogP contribution in [0.25, 0.3) is 0 Å². The number of ether oxygens (including phenoxy) is 1. The van der Waals surface area contributed by atoms with Gasteiger partial charge in [-0.3, -0.25) is 4.79 Å². The molecule has 1 heterocycles. The van der Waals surface area contributed by atoms with Crippen LogP contribution in [0.2, 0.25) is 0 Å². The fourth-order valence-corrected chi connectivity index (χ4v) is 4.40. The average Bonchev–Trinajstić information content (AvgIpc) is 2.88. The number of rotatable bonds is 9. The highest BCUT2D eigenvalue weighted by Gasteiger charge is 2.21. The number of hydrogen-bond acceptors (Lipinski definition) is 5. The second-order valence-corrected chi connectivity index (χ2v) is 9.46. The Labute approximate surface area is 219 Å².